The predicted molar refractivity (Wildman–Crippen MR) is 107 cm³/mol. The van der Waals surface area contributed by atoms with Crippen LogP contribution in [0.3, 0.4) is 0 Å². The van der Waals surface area contributed by atoms with Gasteiger partial charge in [0.2, 0.25) is 0 Å². The average Bonchev–Trinajstić information content (AvgIpc) is 2.64. The molecule has 5 nitrogen and oxygen atoms in total. The van der Waals surface area contributed by atoms with Crippen molar-refractivity contribution in [3.63, 3.8) is 0 Å². The molecular weight excluding hydrogens is 352 g/mol. The second-order valence-electron chi connectivity index (χ2n) is 5.82. The van der Waals surface area contributed by atoms with Gasteiger partial charge in [-0.2, -0.15) is 0 Å². The molecule has 0 saturated heterocycles. The number of benzene rings is 2. The molecule has 0 radical (unpaired) electrons. The van der Waals surface area contributed by atoms with Crippen LogP contribution < -0.4 is 16.0 Å². The number of aromatic nitrogens is 1. The number of methoxy groups -OCH3 is 1. The second kappa shape index (κ2) is 8.85. The second-order valence-corrected chi connectivity index (χ2v) is 5.82. The molecule has 2 N–H and O–H groups in total. The molecule has 0 fully saturated rings. The molecule has 2 aromatic carbocycles. The van der Waals surface area contributed by atoms with Crippen LogP contribution in [0.4, 0.5) is 0 Å². The molecule has 0 aliphatic rings. The number of ether oxygens (including phenoxy) is 2. The van der Waals surface area contributed by atoms with Crippen molar-refractivity contribution in [2.75, 3.05) is 20.3 Å². The number of hydrogen-bond acceptors (Lipinski definition) is 4. The van der Waals surface area contributed by atoms with E-state index in [-0.39, 0.29) is 18.0 Å². The Hall–Kier alpha value is -2.34. The SMILES string of the molecule is COc1ccc(COCCN)c(C)c1-n1ccc2ccccc2c1=O.Cl. The van der Waals surface area contributed by atoms with Gasteiger partial charge < -0.3 is 15.2 Å². The Kier molecular flexibility index (Phi) is 6.80. The van der Waals surface area contributed by atoms with Crippen LogP contribution in [0.15, 0.2) is 53.5 Å². The molecule has 0 aliphatic carbocycles. The molecule has 0 aliphatic heterocycles. The fraction of sp³-hybridized carbons (Fsp3) is 0.250. The van der Waals surface area contributed by atoms with Gasteiger partial charge in [0.1, 0.15) is 5.75 Å². The Balaban J connectivity index is 0.00000243. The summed E-state index contributed by atoms with van der Waals surface area (Å²) in [5.41, 5.74) is 8.11. The topological polar surface area (TPSA) is 66.5 Å². The number of fused-ring (bicyclic) bond motifs is 1. The van der Waals surface area contributed by atoms with Gasteiger partial charge >= 0.3 is 0 Å². The molecule has 3 rings (SSSR count). The van der Waals surface area contributed by atoms with Crippen LogP contribution in [0.2, 0.25) is 0 Å². The number of nitrogens with zero attached hydrogens (tertiary/aromatic N) is 1. The maximum atomic E-state index is 13.0. The lowest BCUT2D eigenvalue weighted by Gasteiger charge is -2.17. The molecule has 0 spiro atoms. The minimum absolute atomic E-state index is 0. The summed E-state index contributed by atoms with van der Waals surface area (Å²) in [6.45, 7) is 3.39. The van der Waals surface area contributed by atoms with E-state index in [1.165, 1.54) is 0 Å². The van der Waals surface area contributed by atoms with E-state index in [4.69, 9.17) is 15.2 Å². The van der Waals surface area contributed by atoms with E-state index in [1.54, 1.807) is 17.9 Å². The highest BCUT2D eigenvalue weighted by atomic mass is 35.5. The van der Waals surface area contributed by atoms with Gasteiger partial charge in [-0.25, -0.2) is 0 Å². The molecule has 6 heteroatoms. The summed E-state index contributed by atoms with van der Waals surface area (Å²) in [6, 6.07) is 13.3. The molecule has 3 aromatic rings. The zero-order valence-corrected chi connectivity index (χ0v) is 15.7. The summed E-state index contributed by atoms with van der Waals surface area (Å²) in [5.74, 6) is 0.650. The van der Waals surface area contributed by atoms with Crippen molar-refractivity contribution >= 4 is 23.2 Å². The minimum atomic E-state index is -0.0699. The molecule has 1 heterocycles. The van der Waals surface area contributed by atoms with Crippen LogP contribution >= 0.6 is 12.4 Å². The molecule has 0 saturated carbocycles. The third-order valence-corrected chi connectivity index (χ3v) is 4.30. The van der Waals surface area contributed by atoms with Crippen LogP contribution in [-0.2, 0) is 11.3 Å². The first kappa shape index (κ1) is 20.0. The van der Waals surface area contributed by atoms with Crippen LogP contribution in [0.5, 0.6) is 5.75 Å². The summed E-state index contributed by atoms with van der Waals surface area (Å²) in [4.78, 5) is 13.0. The van der Waals surface area contributed by atoms with E-state index >= 15 is 0 Å². The number of pyridine rings is 1. The van der Waals surface area contributed by atoms with Gasteiger partial charge in [-0.15, -0.1) is 12.4 Å². The summed E-state index contributed by atoms with van der Waals surface area (Å²) in [6.07, 6.45) is 1.79. The zero-order valence-electron chi connectivity index (χ0n) is 14.9. The van der Waals surface area contributed by atoms with E-state index in [9.17, 15) is 4.79 Å². The number of hydrogen-bond donors (Lipinski definition) is 1. The number of halogens is 1. The van der Waals surface area contributed by atoms with Crippen LogP contribution in [0, 0.1) is 6.92 Å². The highest BCUT2D eigenvalue weighted by Gasteiger charge is 2.15. The van der Waals surface area contributed by atoms with Crippen LogP contribution in [0.1, 0.15) is 11.1 Å². The number of nitrogens with two attached hydrogens (primary N) is 1. The van der Waals surface area contributed by atoms with E-state index in [0.717, 1.165) is 22.2 Å². The van der Waals surface area contributed by atoms with Gasteiger partial charge in [-0.3, -0.25) is 9.36 Å². The third-order valence-electron chi connectivity index (χ3n) is 4.30. The van der Waals surface area contributed by atoms with Crippen molar-refractivity contribution in [2.45, 2.75) is 13.5 Å². The van der Waals surface area contributed by atoms with E-state index in [1.807, 2.05) is 49.4 Å². The van der Waals surface area contributed by atoms with Crippen LogP contribution in [0.25, 0.3) is 16.5 Å². The van der Waals surface area contributed by atoms with Gasteiger partial charge in [0.25, 0.3) is 5.56 Å². The third kappa shape index (κ3) is 3.75. The lowest BCUT2D eigenvalue weighted by molar-refractivity contribution is 0.127. The highest BCUT2D eigenvalue weighted by molar-refractivity contribution is 5.85. The molecule has 26 heavy (non-hydrogen) atoms. The van der Waals surface area contributed by atoms with Gasteiger partial charge in [-0.05, 0) is 41.6 Å². The van der Waals surface area contributed by atoms with Crippen molar-refractivity contribution in [3.05, 3.63) is 70.1 Å². The van der Waals surface area contributed by atoms with Gasteiger partial charge in [-0.1, -0.05) is 24.3 Å². The fourth-order valence-electron chi connectivity index (χ4n) is 2.97. The maximum absolute atomic E-state index is 13.0. The first-order valence-corrected chi connectivity index (χ1v) is 8.22. The monoisotopic (exact) mass is 374 g/mol. The average molecular weight is 375 g/mol. The van der Waals surface area contributed by atoms with Gasteiger partial charge in [0, 0.05) is 18.1 Å². The molecule has 0 unspecified atom stereocenters. The van der Waals surface area contributed by atoms with Gasteiger partial charge in [0.05, 0.1) is 26.0 Å². The first-order valence-electron chi connectivity index (χ1n) is 8.22. The van der Waals surface area contributed by atoms with E-state index in [2.05, 4.69) is 0 Å². The Labute approximate surface area is 158 Å². The van der Waals surface area contributed by atoms with Crippen molar-refractivity contribution in [2.24, 2.45) is 5.73 Å². The highest BCUT2D eigenvalue weighted by Crippen LogP contribution is 2.29. The summed E-state index contributed by atoms with van der Waals surface area (Å²) < 4.78 is 12.7. The fourth-order valence-corrected chi connectivity index (χ4v) is 2.97. The maximum Gasteiger partial charge on any atom is 0.263 e. The Bertz CT molecular complexity index is 953. The normalized spacial score (nSPS) is 10.6. The standard InChI is InChI=1S/C20H22N2O3.ClH/c1-14-16(13-25-12-10-21)7-8-18(24-2)19(14)22-11-9-15-5-3-4-6-17(15)20(22)23;/h3-9,11H,10,12-13,21H2,1-2H3;1H. The zero-order chi connectivity index (χ0) is 17.8. The molecule has 0 bridgehead atoms. The molecule has 0 atom stereocenters. The van der Waals surface area contributed by atoms with Crippen molar-refractivity contribution in [1.29, 1.82) is 0 Å². The van der Waals surface area contributed by atoms with Crippen molar-refractivity contribution in [3.8, 4) is 11.4 Å². The summed E-state index contributed by atoms with van der Waals surface area (Å²) in [5, 5.41) is 1.60. The van der Waals surface area contributed by atoms with Gasteiger partial charge in [0.15, 0.2) is 0 Å². The molecule has 0 amide bonds. The molecule has 1 aromatic heterocycles. The quantitative estimate of drug-likeness (QED) is 0.673. The van der Waals surface area contributed by atoms with Crippen molar-refractivity contribution < 1.29 is 9.47 Å². The van der Waals surface area contributed by atoms with Crippen molar-refractivity contribution in [1.82, 2.24) is 4.57 Å². The lowest BCUT2D eigenvalue weighted by Crippen LogP contribution is -2.20. The summed E-state index contributed by atoms with van der Waals surface area (Å²) >= 11 is 0. The van der Waals surface area contributed by atoms with Crippen LogP contribution in [-0.4, -0.2) is 24.8 Å². The Morgan fingerprint density at radius 2 is 1.88 bits per heavy atom. The Morgan fingerprint density at radius 3 is 2.62 bits per heavy atom. The Morgan fingerprint density at radius 1 is 1.12 bits per heavy atom. The van der Waals surface area contributed by atoms with E-state index in [0.29, 0.717) is 30.9 Å². The smallest absolute Gasteiger partial charge is 0.263 e. The summed E-state index contributed by atoms with van der Waals surface area (Å²) in [7, 11) is 1.61. The molecular formula is C20H23ClN2O3. The first-order chi connectivity index (χ1) is 12.2. The van der Waals surface area contributed by atoms with E-state index < -0.39 is 0 Å². The lowest BCUT2D eigenvalue weighted by atomic mass is 10.1. The largest absolute Gasteiger partial charge is 0.495 e. The minimum Gasteiger partial charge on any atom is -0.495 e. The predicted octanol–water partition coefficient (Wildman–Crippen LogP) is 3.20. The number of rotatable bonds is 6. The molecule has 138 valence electrons.